The average molecular weight is 335 g/mol. The van der Waals surface area contributed by atoms with Gasteiger partial charge in [-0.05, 0) is 43.7 Å². The van der Waals surface area contributed by atoms with E-state index in [1.54, 1.807) is 6.20 Å². The Labute approximate surface area is 146 Å². The van der Waals surface area contributed by atoms with Gasteiger partial charge in [-0.2, -0.15) is 10.1 Å². The van der Waals surface area contributed by atoms with Crippen LogP contribution in [0.5, 0.6) is 0 Å². The highest BCUT2D eigenvalue weighted by atomic mass is 15.2. The predicted octanol–water partition coefficient (Wildman–Crippen LogP) is 3.28. The Morgan fingerprint density at radius 2 is 1.92 bits per heavy atom. The van der Waals surface area contributed by atoms with Crippen molar-refractivity contribution in [2.24, 2.45) is 0 Å². The molecule has 0 radical (unpaired) electrons. The Morgan fingerprint density at radius 3 is 2.68 bits per heavy atom. The summed E-state index contributed by atoms with van der Waals surface area (Å²) < 4.78 is 0. The van der Waals surface area contributed by atoms with Gasteiger partial charge in [0.05, 0.1) is 0 Å². The number of hydrogen-bond donors (Lipinski definition) is 4. The van der Waals surface area contributed by atoms with Crippen molar-refractivity contribution >= 4 is 23.3 Å². The molecule has 1 aromatic carbocycles. The number of rotatable bonds is 7. The molecule has 2 aromatic heterocycles. The summed E-state index contributed by atoms with van der Waals surface area (Å²) in [6, 6.07) is 12.1. The second-order valence-electron chi connectivity index (χ2n) is 6.23. The van der Waals surface area contributed by atoms with Crippen molar-refractivity contribution in [1.29, 1.82) is 0 Å². The minimum atomic E-state index is 0.546. The van der Waals surface area contributed by atoms with Crippen molar-refractivity contribution in [2.45, 2.75) is 25.3 Å². The van der Waals surface area contributed by atoms with E-state index in [0.717, 1.165) is 18.1 Å². The van der Waals surface area contributed by atoms with E-state index < -0.39 is 0 Å². The fraction of sp³-hybridized carbons (Fsp3) is 0.278. The number of benzene rings is 1. The second-order valence-corrected chi connectivity index (χ2v) is 6.23. The second kappa shape index (κ2) is 6.90. The van der Waals surface area contributed by atoms with Crippen LogP contribution in [0, 0.1) is 0 Å². The third-order valence-corrected chi connectivity index (χ3v) is 4.12. The quantitative estimate of drug-likeness (QED) is 0.530. The van der Waals surface area contributed by atoms with E-state index in [-0.39, 0.29) is 0 Å². The molecule has 0 atom stereocenters. The van der Waals surface area contributed by atoms with Gasteiger partial charge >= 0.3 is 0 Å². The van der Waals surface area contributed by atoms with Crippen molar-refractivity contribution < 1.29 is 0 Å². The minimum absolute atomic E-state index is 0.546. The molecule has 1 aliphatic carbocycles. The molecule has 7 heteroatoms. The van der Waals surface area contributed by atoms with Crippen molar-refractivity contribution in [2.75, 3.05) is 17.7 Å². The summed E-state index contributed by atoms with van der Waals surface area (Å²) >= 11 is 0. The van der Waals surface area contributed by atoms with Crippen LogP contribution < -0.4 is 16.0 Å². The summed E-state index contributed by atoms with van der Waals surface area (Å²) in [5, 5.41) is 16.9. The predicted molar refractivity (Wildman–Crippen MR) is 98.4 cm³/mol. The van der Waals surface area contributed by atoms with Gasteiger partial charge in [0.1, 0.15) is 5.82 Å². The zero-order valence-electron chi connectivity index (χ0n) is 14.1. The Bertz CT molecular complexity index is 837. The first-order chi connectivity index (χ1) is 12.3. The van der Waals surface area contributed by atoms with Crippen LogP contribution in [-0.4, -0.2) is 27.2 Å². The van der Waals surface area contributed by atoms with Gasteiger partial charge in [0.2, 0.25) is 5.95 Å². The molecule has 128 valence electrons. The zero-order chi connectivity index (χ0) is 17.1. The Morgan fingerprint density at radius 1 is 1.08 bits per heavy atom. The lowest BCUT2D eigenvalue weighted by Crippen LogP contribution is -2.05. The molecular weight excluding hydrogens is 314 g/mol. The number of aromatic amines is 1. The van der Waals surface area contributed by atoms with E-state index in [2.05, 4.69) is 48.2 Å². The molecule has 1 fully saturated rings. The summed E-state index contributed by atoms with van der Waals surface area (Å²) in [4.78, 5) is 8.77. The van der Waals surface area contributed by atoms with Gasteiger partial charge in [0, 0.05) is 36.1 Å². The molecule has 7 nitrogen and oxygen atoms in total. The van der Waals surface area contributed by atoms with Crippen LogP contribution in [-0.2, 0) is 6.54 Å². The summed E-state index contributed by atoms with van der Waals surface area (Å²) in [5.41, 5.74) is 3.37. The van der Waals surface area contributed by atoms with Crippen LogP contribution in [0.4, 0.5) is 23.3 Å². The first-order valence-electron chi connectivity index (χ1n) is 8.46. The fourth-order valence-corrected chi connectivity index (χ4v) is 2.66. The summed E-state index contributed by atoms with van der Waals surface area (Å²) in [6.07, 6.45) is 4.22. The van der Waals surface area contributed by atoms with Crippen LogP contribution in [0.25, 0.3) is 0 Å². The highest BCUT2D eigenvalue weighted by molar-refractivity contribution is 5.57. The third kappa shape index (κ3) is 3.95. The smallest absolute Gasteiger partial charge is 0.229 e. The summed E-state index contributed by atoms with van der Waals surface area (Å²) in [5.74, 6) is 2.68. The van der Waals surface area contributed by atoms with Crippen LogP contribution in [0.2, 0.25) is 0 Å². The lowest BCUT2D eigenvalue weighted by molar-refractivity contribution is 0.818. The highest BCUT2D eigenvalue weighted by Gasteiger charge is 2.25. The molecule has 1 aliphatic rings. The SMILES string of the molecule is CNCc1ccc(Nc2nccc(Nc3cc(C4CC4)[nH]n3)n2)cc1. The van der Waals surface area contributed by atoms with Crippen molar-refractivity contribution in [3.8, 4) is 0 Å². The van der Waals surface area contributed by atoms with Crippen LogP contribution in [0.3, 0.4) is 0 Å². The van der Waals surface area contributed by atoms with Gasteiger partial charge < -0.3 is 16.0 Å². The van der Waals surface area contributed by atoms with E-state index in [0.29, 0.717) is 17.7 Å². The summed E-state index contributed by atoms with van der Waals surface area (Å²) in [6.45, 7) is 0.850. The number of aromatic nitrogens is 4. The maximum Gasteiger partial charge on any atom is 0.229 e. The van der Waals surface area contributed by atoms with Crippen LogP contribution >= 0.6 is 0 Å². The number of nitrogens with zero attached hydrogens (tertiary/aromatic N) is 3. The Kier molecular flexibility index (Phi) is 4.30. The minimum Gasteiger partial charge on any atom is -0.324 e. The van der Waals surface area contributed by atoms with Gasteiger partial charge in [-0.1, -0.05) is 12.1 Å². The third-order valence-electron chi connectivity index (χ3n) is 4.12. The average Bonchev–Trinajstić information content (AvgIpc) is 3.37. The lowest BCUT2D eigenvalue weighted by Gasteiger charge is -2.08. The van der Waals surface area contributed by atoms with Gasteiger partial charge in [0.25, 0.3) is 0 Å². The van der Waals surface area contributed by atoms with Crippen molar-refractivity contribution in [3.05, 3.63) is 53.9 Å². The number of H-pyrrole nitrogens is 1. The van der Waals surface area contributed by atoms with Crippen LogP contribution in [0.15, 0.2) is 42.6 Å². The van der Waals surface area contributed by atoms with E-state index in [4.69, 9.17) is 0 Å². The molecule has 0 unspecified atom stereocenters. The van der Waals surface area contributed by atoms with E-state index in [1.165, 1.54) is 24.1 Å². The standard InChI is InChI=1S/C18H21N7/c1-19-11-12-2-6-14(7-3-12)21-18-20-9-8-16(23-18)22-17-10-15(24-25-17)13-4-5-13/h2-3,6-10,13,19H,4-5,11H2,1H3,(H3,20,21,22,23,24,25). The number of hydrogen-bond acceptors (Lipinski definition) is 6. The molecule has 2 heterocycles. The molecular formula is C18H21N7. The van der Waals surface area contributed by atoms with Gasteiger partial charge in [-0.15, -0.1) is 0 Å². The fourth-order valence-electron chi connectivity index (χ4n) is 2.66. The topological polar surface area (TPSA) is 90.6 Å². The van der Waals surface area contributed by atoms with E-state index in [9.17, 15) is 0 Å². The van der Waals surface area contributed by atoms with Crippen molar-refractivity contribution in [3.63, 3.8) is 0 Å². The molecule has 4 rings (SSSR count). The first kappa shape index (κ1) is 15.6. The lowest BCUT2D eigenvalue weighted by atomic mass is 10.2. The molecule has 4 N–H and O–H groups in total. The first-order valence-corrected chi connectivity index (χ1v) is 8.46. The van der Waals surface area contributed by atoms with E-state index >= 15 is 0 Å². The Balaban J connectivity index is 1.43. The molecule has 0 amide bonds. The van der Waals surface area contributed by atoms with Crippen molar-refractivity contribution in [1.82, 2.24) is 25.5 Å². The monoisotopic (exact) mass is 335 g/mol. The molecule has 0 spiro atoms. The molecule has 0 bridgehead atoms. The molecule has 3 aromatic rings. The summed E-state index contributed by atoms with van der Waals surface area (Å²) in [7, 11) is 1.94. The van der Waals surface area contributed by atoms with Gasteiger partial charge in [-0.25, -0.2) is 4.98 Å². The van der Waals surface area contributed by atoms with Gasteiger partial charge in [-0.3, -0.25) is 5.10 Å². The normalized spacial score (nSPS) is 13.6. The molecule has 0 aliphatic heterocycles. The maximum absolute atomic E-state index is 4.49. The Hall–Kier alpha value is -2.93. The number of anilines is 4. The van der Waals surface area contributed by atoms with E-state index in [1.807, 2.05) is 31.3 Å². The highest BCUT2D eigenvalue weighted by Crippen LogP contribution is 2.39. The molecule has 25 heavy (non-hydrogen) atoms. The van der Waals surface area contributed by atoms with Gasteiger partial charge in [0.15, 0.2) is 5.82 Å². The largest absolute Gasteiger partial charge is 0.324 e. The zero-order valence-corrected chi connectivity index (χ0v) is 14.1. The maximum atomic E-state index is 4.49. The number of nitrogens with one attached hydrogen (secondary N) is 4. The molecule has 1 saturated carbocycles. The molecule has 0 saturated heterocycles. The van der Waals surface area contributed by atoms with Crippen LogP contribution in [0.1, 0.15) is 30.0 Å².